The summed E-state index contributed by atoms with van der Waals surface area (Å²) < 4.78 is 13.8. The molecule has 0 radical (unpaired) electrons. The van der Waals surface area contributed by atoms with Crippen LogP contribution in [0.5, 0.6) is 0 Å². The van der Waals surface area contributed by atoms with E-state index < -0.39 is 5.82 Å². The molecule has 7 heteroatoms. The zero-order valence-electron chi connectivity index (χ0n) is 15.6. The molecule has 0 spiro atoms. The number of carbonyl (C=O) groups excluding carboxylic acids is 1. The SMILES string of the molecule is CC(=O)Nc1cc(Nc2ccc3c(/C=C/c4ccccn4)n[nH]c3c2)ccc1F. The van der Waals surface area contributed by atoms with E-state index in [1.165, 1.54) is 13.0 Å². The van der Waals surface area contributed by atoms with Crippen molar-refractivity contribution >= 4 is 46.0 Å². The molecule has 0 unspecified atom stereocenters. The number of nitrogens with zero attached hydrogens (tertiary/aromatic N) is 2. The number of aromatic amines is 1. The molecule has 4 aromatic rings. The van der Waals surface area contributed by atoms with Crippen LogP contribution >= 0.6 is 0 Å². The highest BCUT2D eigenvalue weighted by Crippen LogP contribution is 2.26. The van der Waals surface area contributed by atoms with Crippen LogP contribution in [-0.2, 0) is 4.79 Å². The van der Waals surface area contributed by atoms with Crippen LogP contribution < -0.4 is 10.6 Å². The Kier molecular flexibility index (Phi) is 5.03. The van der Waals surface area contributed by atoms with Gasteiger partial charge in [0.25, 0.3) is 0 Å². The number of hydrogen-bond acceptors (Lipinski definition) is 4. The fraction of sp³-hybridized carbons (Fsp3) is 0.0455. The largest absolute Gasteiger partial charge is 0.355 e. The standard InChI is InChI=1S/C22H18FN5O/c1-14(29)25-22-13-17(6-9-19(22)23)26-16-5-8-18-20(27-28-21(18)12-16)10-7-15-4-2-3-11-24-15/h2-13,26H,1H3,(H,25,29)(H,27,28)/b10-7+. The van der Waals surface area contributed by atoms with E-state index in [4.69, 9.17) is 0 Å². The lowest BCUT2D eigenvalue weighted by Gasteiger charge is -2.10. The van der Waals surface area contributed by atoms with E-state index in [2.05, 4.69) is 25.8 Å². The van der Waals surface area contributed by atoms with Gasteiger partial charge in [0.1, 0.15) is 5.82 Å². The second-order valence-electron chi connectivity index (χ2n) is 6.46. The van der Waals surface area contributed by atoms with Crippen LogP contribution in [0, 0.1) is 5.82 Å². The molecular formula is C22H18FN5O. The first kappa shape index (κ1) is 18.4. The van der Waals surface area contributed by atoms with Crippen molar-refractivity contribution in [2.24, 2.45) is 0 Å². The number of hydrogen-bond donors (Lipinski definition) is 3. The molecule has 0 aliphatic carbocycles. The Balaban J connectivity index is 1.56. The average molecular weight is 387 g/mol. The van der Waals surface area contributed by atoms with E-state index in [1.54, 1.807) is 18.3 Å². The van der Waals surface area contributed by atoms with Crippen molar-refractivity contribution in [2.45, 2.75) is 6.92 Å². The Hall–Kier alpha value is -4.00. The van der Waals surface area contributed by atoms with Gasteiger partial charge in [0.05, 0.1) is 22.6 Å². The molecule has 0 bridgehead atoms. The van der Waals surface area contributed by atoms with Crippen LogP contribution in [0.4, 0.5) is 21.5 Å². The van der Waals surface area contributed by atoms with E-state index in [1.807, 2.05) is 48.6 Å². The normalized spacial score (nSPS) is 11.1. The quantitative estimate of drug-likeness (QED) is 0.452. The van der Waals surface area contributed by atoms with Crippen LogP contribution in [0.2, 0.25) is 0 Å². The Labute approximate surface area is 166 Å². The number of rotatable bonds is 5. The summed E-state index contributed by atoms with van der Waals surface area (Å²) >= 11 is 0. The predicted molar refractivity (Wildman–Crippen MR) is 113 cm³/mol. The second-order valence-corrected chi connectivity index (χ2v) is 6.46. The first-order valence-electron chi connectivity index (χ1n) is 9.00. The van der Waals surface area contributed by atoms with Crippen molar-refractivity contribution in [3.8, 4) is 0 Å². The smallest absolute Gasteiger partial charge is 0.221 e. The zero-order valence-corrected chi connectivity index (χ0v) is 15.6. The van der Waals surface area contributed by atoms with Gasteiger partial charge in [0.15, 0.2) is 0 Å². The molecule has 0 fully saturated rings. The number of pyridine rings is 1. The van der Waals surface area contributed by atoms with Crippen molar-refractivity contribution in [2.75, 3.05) is 10.6 Å². The molecule has 6 nitrogen and oxygen atoms in total. The fourth-order valence-electron chi connectivity index (χ4n) is 2.94. The molecule has 29 heavy (non-hydrogen) atoms. The number of halogens is 1. The van der Waals surface area contributed by atoms with Crippen LogP contribution in [0.25, 0.3) is 23.1 Å². The Morgan fingerprint density at radius 1 is 1.07 bits per heavy atom. The van der Waals surface area contributed by atoms with Crippen LogP contribution in [-0.4, -0.2) is 21.1 Å². The number of benzene rings is 2. The first-order chi connectivity index (χ1) is 14.1. The van der Waals surface area contributed by atoms with Gasteiger partial charge in [-0.1, -0.05) is 6.07 Å². The topological polar surface area (TPSA) is 82.7 Å². The summed E-state index contributed by atoms with van der Waals surface area (Å²) in [6, 6.07) is 16.0. The number of anilines is 3. The highest BCUT2D eigenvalue weighted by Gasteiger charge is 2.07. The number of nitrogens with one attached hydrogen (secondary N) is 3. The van der Waals surface area contributed by atoms with E-state index in [0.717, 1.165) is 28.0 Å². The van der Waals surface area contributed by atoms with Gasteiger partial charge >= 0.3 is 0 Å². The van der Waals surface area contributed by atoms with Crippen molar-refractivity contribution < 1.29 is 9.18 Å². The Morgan fingerprint density at radius 2 is 1.90 bits per heavy atom. The summed E-state index contributed by atoms with van der Waals surface area (Å²) in [4.78, 5) is 15.5. The number of H-pyrrole nitrogens is 1. The van der Waals surface area contributed by atoms with Gasteiger partial charge in [-0.05, 0) is 60.7 Å². The average Bonchev–Trinajstić information content (AvgIpc) is 3.11. The summed E-state index contributed by atoms with van der Waals surface area (Å²) in [6.07, 6.45) is 5.56. The Morgan fingerprint density at radius 3 is 2.69 bits per heavy atom. The van der Waals surface area contributed by atoms with E-state index in [-0.39, 0.29) is 11.6 Å². The maximum absolute atomic E-state index is 13.8. The van der Waals surface area contributed by atoms with Crippen LogP contribution in [0.15, 0.2) is 60.8 Å². The lowest BCUT2D eigenvalue weighted by atomic mass is 10.1. The van der Waals surface area contributed by atoms with Crippen molar-refractivity contribution in [1.29, 1.82) is 0 Å². The summed E-state index contributed by atoms with van der Waals surface area (Å²) in [7, 11) is 0. The van der Waals surface area contributed by atoms with Gasteiger partial charge in [-0.2, -0.15) is 5.10 Å². The van der Waals surface area contributed by atoms with Crippen molar-refractivity contribution in [3.05, 3.63) is 78.0 Å². The zero-order chi connectivity index (χ0) is 20.2. The van der Waals surface area contributed by atoms with Gasteiger partial charge < -0.3 is 10.6 Å². The lowest BCUT2D eigenvalue weighted by molar-refractivity contribution is -0.114. The van der Waals surface area contributed by atoms with Crippen molar-refractivity contribution in [1.82, 2.24) is 15.2 Å². The minimum absolute atomic E-state index is 0.132. The molecular weight excluding hydrogens is 369 g/mol. The third-order valence-corrected chi connectivity index (χ3v) is 4.26. The van der Waals surface area contributed by atoms with E-state index >= 15 is 0 Å². The maximum atomic E-state index is 13.8. The minimum atomic E-state index is -0.487. The van der Waals surface area contributed by atoms with Gasteiger partial charge in [-0.3, -0.25) is 14.9 Å². The van der Waals surface area contributed by atoms with Crippen LogP contribution in [0.1, 0.15) is 18.3 Å². The van der Waals surface area contributed by atoms with Gasteiger partial charge in [-0.25, -0.2) is 4.39 Å². The molecule has 2 aromatic carbocycles. The highest BCUT2D eigenvalue weighted by atomic mass is 19.1. The molecule has 0 saturated heterocycles. The molecule has 1 amide bonds. The molecule has 4 rings (SSSR count). The molecule has 0 aliphatic heterocycles. The van der Waals surface area contributed by atoms with Gasteiger partial charge in [-0.15, -0.1) is 0 Å². The summed E-state index contributed by atoms with van der Waals surface area (Å²) in [5.74, 6) is -0.815. The third-order valence-electron chi connectivity index (χ3n) is 4.26. The number of amides is 1. The van der Waals surface area contributed by atoms with Crippen molar-refractivity contribution in [3.63, 3.8) is 0 Å². The molecule has 0 aliphatic rings. The summed E-state index contributed by atoms with van der Waals surface area (Å²) in [5.41, 5.74) is 4.12. The minimum Gasteiger partial charge on any atom is -0.355 e. The monoisotopic (exact) mass is 387 g/mol. The third kappa shape index (κ3) is 4.30. The molecule has 0 atom stereocenters. The molecule has 144 valence electrons. The number of fused-ring (bicyclic) bond motifs is 1. The van der Waals surface area contributed by atoms with Gasteiger partial charge in [0, 0.05) is 29.9 Å². The first-order valence-corrected chi connectivity index (χ1v) is 9.00. The summed E-state index contributed by atoms with van der Waals surface area (Å²) in [5, 5.41) is 14.0. The summed E-state index contributed by atoms with van der Waals surface area (Å²) in [6.45, 7) is 1.34. The Bertz CT molecular complexity index is 1200. The molecule has 0 saturated carbocycles. The fourth-order valence-corrected chi connectivity index (χ4v) is 2.94. The molecule has 2 aromatic heterocycles. The molecule has 2 heterocycles. The second kappa shape index (κ2) is 7.93. The lowest BCUT2D eigenvalue weighted by Crippen LogP contribution is -2.07. The maximum Gasteiger partial charge on any atom is 0.221 e. The molecule has 3 N–H and O–H groups in total. The van der Waals surface area contributed by atoms with E-state index in [9.17, 15) is 9.18 Å². The number of carbonyl (C=O) groups is 1. The number of aromatic nitrogens is 3. The van der Waals surface area contributed by atoms with Crippen LogP contribution in [0.3, 0.4) is 0 Å². The van der Waals surface area contributed by atoms with E-state index in [0.29, 0.717) is 5.69 Å². The predicted octanol–water partition coefficient (Wildman–Crippen LogP) is 4.97. The van der Waals surface area contributed by atoms with Gasteiger partial charge in [0.2, 0.25) is 5.91 Å². The highest BCUT2D eigenvalue weighted by molar-refractivity contribution is 5.92.